The third kappa shape index (κ3) is 4.71. The third-order valence-electron chi connectivity index (χ3n) is 5.14. The topological polar surface area (TPSA) is 50.2 Å². The molecule has 0 radical (unpaired) electrons. The molecule has 0 unspecified atom stereocenters. The Bertz CT molecular complexity index is 768. The summed E-state index contributed by atoms with van der Waals surface area (Å²) < 4.78 is 1.84. The normalized spacial score (nSPS) is 15.5. The molecule has 5 nitrogen and oxygen atoms in total. The maximum Gasteiger partial charge on any atom is 0.257 e. The molecule has 0 spiro atoms. The van der Waals surface area contributed by atoms with Crippen molar-refractivity contribution in [3.05, 3.63) is 47.3 Å². The molecule has 1 aromatic heterocycles. The average Bonchev–Trinajstić information content (AvgIpc) is 3.07. The molecule has 0 atom stereocenters. The summed E-state index contributed by atoms with van der Waals surface area (Å²) in [5, 5.41) is 8.10. The Morgan fingerprint density at radius 3 is 2.26 bits per heavy atom. The molecule has 27 heavy (non-hydrogen) atoms. The van der Waals surface area contributed by atoms with Crippen molar-refractivity contribution in [3.8, 4) is 5.69 Å². The Morgan fingerprint density at radius 1 is 1.15 bits per heavy atom. The predicted octanol–water partition coefficient (Wildman–Crippen LogP) is 3.72. The minimum atomic E-state index is -0.190. The summed E-state index contributed by atoms with van der Waals surface area (Å²) in [5.41, 5.74) is 3.58. The Kier molecular flexibility index (Phi) is 6.71. The molecule has 148 valence electrons. The highest BCUT2D eigenvalue weighted by Crippen LogP contribution is 2.27. The van der Waals surface area contributed by atoms with Crippen LogP contribution in [-0.4, -0.2) is 46.8 Å². The van der Waals surface area contributed by atoms with Crippen molar-refractivity contribution in [2.24, 2.45) is 0 Å². The zero-order chi connectivity index (χ0) is 18.9. The number of nitrogens with one attached hydrogen (secondary N) is 1. The lowest BCUT2D eigenvalue weighted by molar-refractivity contribution is 0.0705. The van der Waals surface area contributed by atoms with Crippen LogP contribution in [0.25, 0.3) is 5.69 Å². The van der Waals surface area contributed by atoms with E-state index in [2.05, 4.69) is 45.1 Å². The minimum absolute atomic E-state index is 0. The lowest BCUT2D eigenvalue weighted by atomic mass is 9.89. The Balaban J connectivity index is 0.00000261. The van der Waals surface area contributed by atoms with E-state index >= 15 is 0 Å². The van der Waals surface area contributed by atoms with Gasteiger partial charge in [0.25, 0.3) is 5.91 Å². The monoisotopic (exact) mass is 390 g/mol. The summed E-state index contributed by atoms with van der Waals surface area (Å²) in [7, 11) is 1.99. The van der Waals surface area contributed by atoms with Crippen LogP contribution in [0.3, 0.4) is 0 Å². The standard InChI is InChI=1S/C21H30N4O.ClH/c1-15-6-8-17(9-7-15)25-14-18(19(23-25)21(2,3)4)20(26)24-12-10-16(22-5)11-13-24;/h6-9,14,16,22H,10-13H2,1-5H3;1H. The number of piperidine rings is 1. The number of carbonyl (C=O) groups excluding carboxylic acids is 1. The highest BCUT2D eigenvalue weighted by Gasteiger charge is 2.30. The van der Waals surface area contributed by atoms with Gasteiger partial charge in [-0.25, -0.2) is 4.68 Å². The summed E-state index contributed by atoms with van der Waals surface area (Å²) in [6.07, 6.45) is 3.90. The maximum atomic E-state index is 13.2. The van der Waals surface area contributed by atoms with Crippen LogP contribution in [0.2, 0.25) is 0 Å². The second-order valence-corrected chi connectivity index (χ2v) is 8.28. The molecule has 6 heteroatoms. The van der Waals surface area contributed by atoms with Gasteiger partial charge in [-0.1, -0.05) is 38.5 Å². The molecule has 1 saturated heterocycles. The molecule has 1 aliphatic rings. The van der Waals surface area contributed by atoms with E-state index in [1.807, 2.05) is 35.0 Å². The molecule has 0 bridgehead atoms. The van der Waals surface area contributed by atoms with Gasteiger partial charge in [0.2, 0.25) is 0 Å². The molecule has 2 aromatic rings. The van der Waals surface area contributed by atoms with E-state index in [0.29, 0.717) is 6.04 Å². The summed E-state index contributed by atoms with van der Waals surface area (Å²) in [5.74, 6) is 0.0999. The lowest BCUT2D eigenvalue weighted by Gasteiger charge is -2.32. The van der Waals surface area contributed by atoms with Crippen LogP contribution < -0.4 is 5.32 Å². The molecule has 1 aromatic carbocycles. The zero-order valence-electron chi connectivity index (χ0n) is 17.0. The second-order valence-electron chi connectivity index (χ2n) is 8.28. The number of aromatic nitrogens is 2. The molecule has 1 fully saturated rings. The first-order chi connectivity index (χ1) is 12.3. The highest BCUT2D eigenvalue weighted by atomic mass is 35.5. The number of rotatable bonds is 3. The first-order valence-corrected chi connectivity index (χ1v) is 9.43. The molecular formula is C21H31ClN4O. The van der Waals surface area contributed by atoms with Gasteiger partial charge >= 0.3 is 0 Å². The van der Waals surface area contributed by atoms with Gasteiger partial charge in [-0.15, -0.1) is 12.4 Å². The number of hydrogen-bond acceptors (Lipinski definition) is 3. The van der Waals surface area contributed by atoms with Gasteiger partial charge in [0.05, 0.1) is 16.9 Å². The Labute approximate surface area is 168 Å². The van der Waals surface area contributed by atoms with Crippen molar-refractivity contribution < 1.29 is 4.79 Å². The van der Waals surface area contributed by atoms with Gasteiger partial charge in [-0.3, -0.25) is 4.79 Å². The number of aryl methyl sites for hydroxylation is 1. The number of nitrogens with zero attached hydrogens (tertiary/aromatic N) is 3. The average molecular weight is 391 g/mol. The van der Waals surface area contributed by atoms with Crippen LogP contribution in [0.5, 0.6) is 0 Å². The fraction of sp³-hybridized carbons (Fsp3) is 0.524. The van der Waals surface area contributed by atoms with E-state index in [-0.39, 0.29) is 23.7 Å². The van der Waals surface area contributed by atoms with Gasteiger partial charge in [-0.05, 0) is 38.9 Å². The van der Waals surface area contributed by atoms with E-state index in [0.717, 1.165) is 42.9 Å². The van der Waals surface area contributed by atoms with Crippen molar-refractivity contribution in [1.29, 1.82) is 0 Å². The first kappa shape index (κ1) is 21.5. The van der Waals surface area contributed by atoms with Crippen LogP contribution in [0, 0.1) is 6.92 Å². The van der Waals surface area contributed by atoms with Gasteiger partial charge in [0.1, 0.15) is 0 Å². The van der Waals surface area contributed by atoms with Crippen molar-refractivity contribution in [2.45, 2.75) is 52.0 Å². The largest absolute Gasteiger partial charge is 0.338 e. The number of benzene rings is 1. The van der Waals surface area contributed by atoms with Crippen LogP contribution in [0.1, 0.15) is 55.2 Å². The van der Waals surface area contributed by atoms with Gasteiger partial charge in [-0.2, -0.15) is 5.10 Å². The van der Waals surface area contributed by atoms with Crippen LogP contribution in [-0.2, 0) is 5.41 Å². The second kappa shape index (κ2) is 8.44. The summed E-state index contributed by atoms with van der Waals surface area (Å²) >= 11 is 0. The lowest BCUT2D eigenvalue weighted by Crippen LogP contribution is -2.44. The van der Waals surface area contributed by atoms with Crippen molar-refractivity contribution in [3.63, 3.8) is 0 Å². The van der Waals surface area contributed by atoms with Crippen LogP contribution in [0.15, 0.2) is 30.5 Å². The minimum Gasteiger partial charge on any atom is -0.338 e. The Hall–Kier alpha value is -1.85. The van der Waals surface area contributed by atoms with E-state index in [1.165, 1.54) is 5.56 Å². The number of amides is 1. The van der Waals surface area contributed by atoms with Gasteiger partial charge in [0.15, 0.2) is 0 Å². The number of likely N-dealkylation sites (tertiary alicyclic amines) is 1. The highest BCUT2D eigenvalue weighted by molar-refractivity contribution is 5.95. The fourth-order valence-electron chi connectivity index (χ4n) is 3.46. The fourth-order valence-corrected chi connectivity index (χ4v) is 3.46. The molecule has 1 aliphatic heterocycles. The molecule has 0 aliphatic carbocycles. The molecule has 0 saturated carbocycles. The van der Waals surface area contributed by atoms with Crippen molar-refractivity contribution >= 4 is 18.3 Å². The summed E-state index contributed by atoms with van der Waals surface area (Å²) in [6.45, 7) is 9.99. The van der Waals surface area contributed by atoms with E-state index in [1.54, 1.807) is 0 Å². The maximum absolute atomic E-state index is 13.2. The zero-order valence-corrected chi connectivity index (χ0v) is 17.8. The molecule has 1 N–H and O–H groups in total. The third-order valence-corrected chi connectivity index (χ3v) is 5.14. The summed E-state index contributed by atoms with van der Waals surface area (Å²) in [4.78, 5) is 15.2. The number of hydrogen-bond donors (Lipinski definition) is 1. The van der Waals surface area contributed by atoms with Crippen molar-refractivity contribution in [1.82, 2.24) is 20.0 Å². The number of halogens is 1. The van der Waals surface area contributed by atoms with Crippen LogP contribution in [0.4, 0.5) is 0 Å². The van der Waals surface area contributed by atoms with Gasteiger partial charge < -0.3 is 10.2 Å². The van der Waals surface area contributed by atoms with Crippen molar-refractivity contribution in [2.75, 3.05) is 20.1 Å². The number of carbonyl (C=O) groups is 1. The van der Waals surface area contributed by atoms with E-state index < -0.39 is 0 Å². The quantitative estimate of drug-likeness (QED) is 0.868. The molecular weight excluding hydrogens is 360 g/mol. The molecule has 2 heterocycles. The SMILES string of the molecule is CNC1CCN(C(=O)c2cn(-c3ccc(C)cc3)nc2C(C)(C)C)CC1.Cl. The van der Waals surface area contributed by atoms with E-state index in [4.69, 9.17) is 5.10 Å². The van der Waals surface area contributed by atoms with E-state index in [9.17, 15) is 4.79 Å². The Morgan fingerprint density at radius 2 is 1.74 bits per heavy atom. The van der Waals surface area contributed by atoms with Crippen LogP contribution >= 0.6 is 12.4 Å². The smallest absolute Gasteiger partial charge is 0.257 e. The molecule has 3 rings (SSSR count). The summed E-state index contributed by atoms with van der Waals surface area (Å²) in [6, 6.07) is 8.73. The van der Waals surface area contributed by atoms with Gasteiger partial charge in [0, 0.05) is 30.7 Å². The molecule has 1 amide bonds. The predicted molar refractivity (Wildman–Crippen MR) is 112 cm³/mol. The first-order valence-electron chi connectivity index (χ1n) is 9.43.